The molecule has 184 valence electrons. The van der Waals surface area contributed by atoms with E-state index in [4.69, 9.17) is 18.9 Å². The lowest BCUT2D eigenvalue weighted by atomic mass is 9.72. The maximum atomic E-state index is 11.9. The summed E-state index contributed by atoms with van der Waals surface area (Å²) in [6, 6.07) is 3.84. The molecule has 7 nitrogen and oxygen atoms in total. The van der Waals surface area contributed by atoms with Crippen LogP contribution >= 0.6 is 15.9 Å². The van der Waals surface area contributed by atoms with E-state index in [1.807, 2.05) is 32.9 Å². The van der Waals surface area contributed by atoms with E-state index in [0.717, 1.165) is 55.2 Å². The second-order valence-corrected chi connectivity index (χ2v) is 11.6. The molecule has 2 saturated carbocycles. The third-order valence-electron chi connectivity index (χ3n) is 6.63. The largest absolute Gasteiger partial charge is 0.474 e. The van der Waals surface area contributed by atoms with Gasteiger partial charge in [0, 0.05) is 42.8 Å². The molecule has 0 radical (unpaired) electrons. The molecule has 8 heteroatoms. The van der Waals surface area contributed by atoms with Crippen molar-refractivity contribution >= 4 is 22.0 Å². The number of rotatable bonds is 10. The molecule has 3 aliphatic rings. The van der Waals surface area contributed by atoms with Crippen molar-refractivity contribution in [2.24, 2.45) is 11.8 Å². The second kappa shape index (κ2) is 10.9. The molecule has 1 aliphatic heterocycles. The monoisotopic (exact) mass is 524 g/mol. The Labute approximate surface area is 205 Å². The van der Waals surface area contributed by atoms with Gasteiger partial charge in [0.15, 0.2) is 0 Å². The summed E-state index contributed by atoms with van der Waals surface area (Å²) in [6.07, 6.45) is 8.99. The van der Waals surface area contributed by atoms with E-state index in [0.29, 0.717) is 25.1 Å². The highest BCUT2D eigenvalue weighted by Crippen LogP contribution is 2.39. The third kappa shape index (κ3) is 7.55. The molecule has 1 aromatic rings. The molecule has 3 fully saturated rings. The lowest BCUT2D eigenvalue weighted by molar-refractivity contribution is -0.0740. The number of aromatic nitrogens is 1. The molecular formula is C25H37BrN2O5. The molecule has 0 bridgehead atoms. The van der Waals surface area contributed by atoms with Gasteiger partial charge in [0.05, 0.1) is 25.3 Å². The summed E-state index contributed by atoms with van der Waals surface area (Å²) in [7, 11) is 0. The molecule has 2 aliphatic carbocycles. The minimum Gasteiger partial charge on any atom is -0.474 e. The Bertz CT molecular complexity index is 766. The molecule has 1 saturated heterocycles. The fraction of sp³-hybridized carbons (Fsp3) is 0.760. The van der Waals surface area contributed by atoms with E-state index >= 15 is 0 Å². The molecule has 0 spiro atoms. The Balaban J connectivity index is 0.958. The van der Waals surface area contributed by atoms with Crippen LogP contribution in [0.1, 0.15) is 59.3 Å². The van der Waals surface area contributed by atoms with Crippen molar-refractivity contribution in [3.05, 3.63) is 22.8 Å². The number of halogens is 1. The van der Waals surface area contributed by atoms with Crippen molar-refractivity contribution in [2.75, 3.05) is 26.3 Å². The number of carbonyl (C=O) groups excluding carboxylic acids is 1. The lowest BCUT2D eigenvalue weighted by Gasteiger charge is -2.40. The Hall–Kier alpha value is -1.38. The van der Waals surface area contributed by atoms with Crippen molar-refractivity contribution in [2.45, 2.75) is 83.2 Å². The SMILES string of the molecule is CC(C)(C)OC(=O)N1CC(OCCC2CC(CCO[C@H]3C[C@H](Oc4ccc(Br)cn4)C3)C2)C1. The quantitative estimate of drug-likeness (QED) is 0.418. The highest BCUT2D eigenvalue weighted by molar-refractivity contribution is 9.10. The minimum absolute atomic E-state index is 0.164. The van der Waals surface area contributed by atoms with Crippen LogP contribution in [0.15, 0.2) is 22.8 Å². The first-order valence-electron chi connectivity index (χ1n) is 12.2. The van der Waals surface area contributed by atoms with Crippen molar-refractivity contribution in [1.29, 1.82) is 0 Å². The summed E-state index contributed by atoms with van der Waals surface area (Å²) in [5.41, 5.74) is -0.443. The minimum atomic E-state index is -0.443. The summed E-state index contributed by atoms with van der Waals surface area (Å²) >= 11 is 3.38. The van der Waals surface area contributed by atoms with Gasteiger partial charge in [-0.3, -0.25) is 0 Å². The molecule has 2 heterocycles. The zero-order chi connectivity index (χ0) is 23.4. The van der Waals surface area contributed by atoms with Crippen molar-refractivity contribution in [1.82, 2.24) is 9.88 Å². The van der Waals surface area contributed by atoms with E-state index < -0.39 is 5.60 Å². The average Bonchev–Trinajstić information content (AvgIpc) is 2.64. The number of likely N-dealkylation sites (tertiary alicyclic amines) is 1. The van der Waals surface area contributed by atoms with E-state index in [2.05, 4.69) is 20.9 Å². The van der Waals surface area contributed by atoms with Gasteiger partial charge in [-0.15, -0.1) is 0 Å². The van der Waals surface area contributed by atoms with Crippen LogP contribution in [0.4, 0.5) is 4.79 Å². The van der Waals surface area contributed by atoms with Gasteiger partial charge in [-0.2, -0.15) is 0 Å². The molecule has 0 N–H and O–H groups in total. The van der Waals surface area contributed by atoms with Crippen LogP contribution in [0.2, 0.25) is 0 Å². The van der Waals surface area contributed by atoms with Gasteiger partial charge >= 0.3 is 6.09 Å². The van der Waals surface area contributed by atoms with Gasteiger partial charge in [0.1, 0.15) is 11.7 Å². The predicted octanol–water partition coefficient (Wildman–Crippen LogP) is 5.21. The second-order valence-electron chi connectivity index (χ2n) is 10.7. The molecule has 33 heavy (non-hydrogen) atoms. The fourth-order valence-corrected chi connectivity index (χ4v) is 4.75. The standard InChI is InChI=1S/C25H37BrN2O5/c1-25(2,3)33-24(29)28-15-22(16-28)31-9-7-18-10-17(11-18)6-8-30-20-12-21(13-20)32-23-5-4-19(26)14-27-23/h4-5,14,17-18,20-22H,6-13,15-16H2,1-3H3/t17?,18?,20-,21-. The van der Waals surface area contributed by atoms with Crippen molar-refractivity contribution in [3.8, 4) is 5.88 Å². The Kier molecular flexibility index (Phi) is 8.18. The van der Waals surface area contributed by atoms with Gasteiger partial charge in [0.25, 0.3) is 0 Å². The predicted molar refractivity (Wildman–Crippen MR) is 128 cm³/mol. The summed E-state index contributed by atoms with van der Waals surface area (Å²) in [4.78, 5) is 17.9. The van der Waals surface area contributed by atoms with Gasteiger partial charge < -0.3 is 23.8 Å². The molecule has 0 aromatic carbocycles. The van der Waals surface area contributed by atoms with Crippen molar-refractivity contribution < 1.29 is 23.7 Å². The number of hydrogen-bond donors (Lipinski definition) is 0. The van der Waals surface area contributed by atoms with E-state index in [9.17, 15) is 4.79 Å². The van der Waals surface area contributed by atoms with Crippen LogP contribution in [-0.4, -0.2) is 66.2 Å². The van der Waals surface area contributed by atoms with Gasteiger partial charge in [-0.05, 0) is 80.3 Å². The first-order chi connectivity index (χ1) is 15.7. The summed E-state index contributed by atoms with van der Waals surface area (Å²) < 4.78 is 24.2. The van der Waals surface area contributed by atoms with Crippen LogP contribution in [-0.2, 0) is 14.2 Å². The maximum absolute atomic E-state index is 11.9. The van der Waals surface area contributed by atoms with Crippen LogP contribution in [0.5, 0.6) is 5.88 Å². The highest BCUT2D eigenvalue weighted by atomic mass is 79.9. The highest BCUT2D eigenvalue weighted by Gasteiger charge is 2.36. The van der Waals surface area contributed by atoms with Crippen LogP contribution in [0.25, 0.3) is 0 Å². The molecule has 1 amide bonds. The summed E-state index contributed by atoms with van der Waals surface area (Å²) in [5, 5.41) is 0. The maximum Gasteiger partial charge on any atom is 0.410 e. The Morgan fingerprint density at radius 1 is 1.00 bits per heavy atom. The van der Waals surface area contributed by atoms with Crippen LogP contribution < -0.4 is 4.74 Å². The van der Waals surface area contributed by atoms with E-state index in [1.54, 1.807) is 11.1 Å². The number of pyridine rings is 1. The fourth-order valence-electron chi connectivity index (χ4n) is 4.52. The number of nitrogens with zero attached hydrogens (tertiary/aromatic N) is 2. The molecule has 4 rings (SSSR count). The van der Waals surface area contributed by atoms with E-state index in [-0.39, 0.29) is 18.3 Å². The molecule has 0 atom stereocenters. The first kappa shape index (κ1) is 24.7. The number of carbonyl (C=O) groups is 1. The zero-order valence-corrected chi connectivity index (χ0v) is 21.6. The molecule has 1 aromatic heterocycles. The number of hydrogen-bond acceptors (Lipinski definition) is 6. The topological polar surface area (TPSA) is 70.1 Å². The number of ether oxygens (including phenoxy) is 4. The third-order valence-corrected chi connectivity index (χ3v) is 7.10. The van der Waals surface area contributed by atoms with Crippen LogP contribution in [0.3, 0.4) is 0 Å². The zero-order valence-electron chi connectivity index (χ0n) is 20.0. The number of amides is 1. The summed E-state index contributed by atoms with van der Waals surface area (Å²) in [5.74, 6) is 2.25. The normalized spacial score (nSPS) is 27.3. The first-order valence-corrected chi connectivity index (χ1v) is 13.0. The van der Waals surface area contributed by atoms with Crippen molar-refractivity contribution in [3.63, 3.8) is 0 Å². The Morgan fingerprint density at radius 3 is 2.21 bits per heavy atom. The van der Waals surface area contributed by atoms with Gasteiger partial charge in [-0.1, -0.05) is 0 Å². The van der Waals surface area contributed by atoms with E-state index in [1.165, 1.54) is 12.8 Å². The Morgan fingerprint density at radius 2 is 1.64 bits per heavy atom. The van der Waals surface area contributed by atoms with Crippen LogP contribution in [0, 0.1) is 11.8 Å². The smallest absolute Gasteiger partial charge is 0.410 e. The molecule has 0 unspecified atom stereocenters. The average molecular weight is 525 g/mol. The lowest BCUT2D eigenvalue weighted by Crippen LogP contribution is -2.56. The van der Waals surface area contributed by atoms with Gasteiger partial charge in [0.2, 0.25) is 5.88 Å². The summed E-state index contributed by atoms with van der Waals surface area (Å²) in [6.45, 7) is 8.59. The van der Waals surface area contributed by atoms with Gasteiger partial charge in [-0.25, -0.2) is 9.78 Å². The molecular weight excluding hydrogens is 488 g/mol.